The molecular weight excluding hydrogens is 761 g/mol. The average Bonchev–Trinajstić information content (AvgIpc) is 4.06. The van der Waals surface area contributed by atoms with E-state index in [9.17, 15) is 0 Å². The molecule has 5 aromatic heterocycles. The number of para-hydroxylation sites is 6. The molecule has 0 atom stereocenters. The quantitative estimate of drug-likeness (QED) is 0.124. The van der Waals surface area contributed by atoms with E-state index in [1.807, 2.05) is 36.0 Å². The molecule has 0 radical (unpaired) electrons. The highest BCUT2D eigenvalue weighted by molar-refractivity contribution is 6.40. The van der Waals surface area contributed by atoms with E-state index in [1.54, 1.807) is 0 Å². The Morgan fingerprint density at radius 2 is 1.03 bits per heavy atom. The number of aromatic nitrogens is 6. The maximum Gasteiger partial charge on any atom is 0.244 e. The van der Waals surface area contributed by atoms with Crippen molar-refractivity contribution in [2.75, 3.05) is 0 Å². The lowest BCUT2D eigenvalue weighted by Crippen LogP contribution is -2.29. The van der Waals surface area contributed by atoms with E-state index >= 15 is 0 Å². The van der Waals surface area contributed by atoms with Crippen molar-refractivity contribution < 1.29 is 9.30 Å². The number of hydrogen-bond donors (Lipinski definition) is 0. The molecule has 0 bridgehead atoms. The summed E-state index contributed by atoms with van der Waals surface area (Å²) >= 11 is 0. The van der Waals surface area contributed by atoms with Gasteiger partial charge in [-0.1, -0.05) is 115 Å². The normalized spacial score (nSPS) is 12.0. The first-order chi connectivity index (χ1) is 30.7. The summed E-state index contributed by atoms with van der Waals surface area (Å²) in [7, 11) is 2.02. The number of aryl methyl sites for hydroxylation is 1. The van der Waals surface area contributed by atoms with E-state index in [-0.39, 0.29) is 0 Å². The molecule has 0 saturated carbocycles. The second kappa shape index (κ2) is 13.3. The Kier molecular flexibility index (Phi) is 7.39. The third-order valence-corrected chi connectivity index (χ3v) is 12.4. The third-order valence-electron chi connectivity index (χ3n) is 12.4. The second-order valence-corrected chi connectivity index (χ2v) is 15.8. The van der Waals surface area contributed by atoms with Gasteiger partial charge < -0.3 is 23.0 Å². The van der Waals surface area contributed by atoms with Crippen molar-refractivity contribution in [1.29, 1.82) is 0 Å². The summed E-state index contributed by atoms with van der Waals surface area (Å²) in [6.45, 7) is 0. The fourth-order valence-electron chi connectivity index (χ4n) is 9.87. The zero-order chi connectivity index (χ0) is 40.9. The van der Waals surface area contributed by atoms with Crippen LogP contribution in [0.5, 0.6) is 11.5 Å². The number of benzene rings is 8. The standard InChI is InChI=1S/C55H36N6O/c1-57-35-58(47-28-13-12-27-46(47)57)38-21-16-22-39(33-38)62-40-30-31-43-48(34-40)61(49-29-14-15-32-56-49)55-52(43)53-50(41-23-8-10-25-44(41)59(53)36-17-4-2-5-18-36)51-42-24-9-11-26-45(42)60(54(51)55)37-19-6-3-7-20-37/h2-34H,1H3. The highest BCUT2D eigenvalue weighted by Gasteiger charge is 2.29. The minimum Gasteiger partial charge on any atom is -0.458 e. The number of hydrogen-bond acceptors (Lipinski definition) is 2. The molecule has 0 fully saturated rings. The lowest BCUT2D eigenvalue weighted by Gasteiger charge is -2.14. The highest BCUT2D eigenvalue weighted by Crippen LogP contribution is 2.50. The van der Waals surface area contributed by atoms with E-state index in [4.69, 9.17) is 9.72 Å². The van der Waals surface area contributed by atoms with Gasteiger partial charge in [-0.05, 0) is 72.8 Å². The summed E-state index contributed by atoms with van der Waals surface area (Å²) in [4.78, 5) is 5.07. The first-order valence-electron chi connectivity index (χ1n) is 20.9. The molecule has 0 amide bonds. The van der Waals surface area contributed by atoms with Gasteiger partial charge in [-0.15, -0.1) is 0 Å². The molecule has 0 N–H and O–H groups in total. The number of fused-ring (bicyclic) bond motifs is 13. The van der Waals surface area contributed by atoms with Gasteiger partial charge in [0.1, 0.15) is 17.3 Å². The molecule has 0 saturated heterocycles. The predicted molar refractivity (Wildman–Crippen MR) is 251 cm³/mol. The Bertz CT molecular complexity index is 3890. The largest absolute Gasteiger partial charge is 0.458 e. The van der Waals surface area contributed by atoms with Gasteiger partial charge >= 0.3 is 0 Å². The van der Waals surface area contributed by atoms with Crippen molar-refractivity contribution in [2.24, 2.45) is 7.05 Å². The molecule has 0 aliphatic carbocycles. The van der Waals surface area contributed by atoms with Crippen LogP contribution in [-0.2, 0) is 7.05 Å². The molecule has 7 heteroatoms. The zero-order valence-electron chi connectivity index (χ0n) is 33.6. The molecule has 5 heterocycles. The minimum atomic E-state index is 0.723. The van der Waals surface area contributed by atoms with Crippen LogP contribution in [0.25, 0.3) is 99.3 Å². The topological polar surface area (TPSA) is 45.7 Å². The first kappa shape index (κ1) is 34.4. The Hall–Kier alpha value is -8.42. The lowest BCUT2D eigenvalue weighted by atomic mass is 10.0. The van der Waals surface area contributed by atoms with Gasteiger partial charge in [-0.2, -0.15) is 0 Å². The van der Waals surface area contributed by atoms with E-state index in [0.717, 1.165) is 89.3 Å². The van der Waals surface area contributed by atoms with E-state index in [0.29, 0.717) is 0 Å². The van der Waals surface area contributed by atoms with Crippen molar-refractivity contribution in [3.8, 4) is 34.4 Å². The fraction of sp³-hybridized carbons (Fsp3) is 0.0182. The SMILES string of the molecule is Cn1[c-][n+](-c2cccc(Oc3ccc4c5c6c(c7ccccc7n6-c6ccccc6)c6c7ccccc7n(-c7ccccc7)c6c5n(-c5ccccn5)c4c3)c2)c2ccccc21. The summed E-state index contributed by atoms with van der Waals surface area (Å²) in [6, 6.07) is 68.4. The van der Waals surface area contributed by atoms with Crippen molar-refractivity contribution >= 4 is 76.5 Å². The van der Waals surface area contributed by atoms with Crippen LogP contribution >= 0.6 is 0 Å². The summed E-state index contributed by atoms with van der Waals surface area (Å²) in [5, 5.41) is 7.06. The van der Waals surface area contributed by atoms with E-state index in [1.165, 1.54) is 21.5 Å². The predicted octanol–water partition coefficient (Wildman–Crippen LogP) is 12.7. The summed E-state index contributed by atoms with van der Waals surface area (Å²) < 4.78 is 18.2. The molecule has 0 unspecified atom stereocenters. The van der Waals surface area contributed by atoms with Gasteiger partial charge in [0.25, 0.3) is 0 Å². The van der Waals surface area contributed by atoms with E-state index < -0.39 is 0 Å². The molecule has 0 aliphatic rings. The van der Waals surface area contributed by atoms with E-state index in [2.05, 4.69) is 201 Å². The van der Waals surface area contributed by atoms with Crippen LogP contribution in [0.15, 0.2) is 200 Å². The van der Waals surface area contributed by atoms with Crippen molar-refractivity contribution in [3.63, 3.8) is 0 Å². The molecule has 7 nitrogen and oxygen atoms in total. The third kappa shape index (κ3) is 4.93. The zero-order valence-corrected chi connectivity index (χ0v) is 33.6. The lowest BCUT2D eigenvalue weighted by molar-refractivity contribution is -0.572. The van der Waals surface area contributed by atoms with Crippen molar-refractivity contribution in [2.45, 2.75) is 0 Å². The van der Waals surface area contributed by atoms with Crippen LogP contribution < -0.4 is 9.30 Å². The van der Waals surface area contributed by atoms with Crippen LogP contribution in [0.4, 0.5) is 0 Å². The average molecular weight is 797 g/mol. The minimum absolute atomic E-state index is 0.723. The number of rotatable bonds is 6. The molecule has 13 aromatic rings. The second-order valence-electron chi connectivity index (χ2n) is 15.8. The molecule has 62 heavy (non-hydrogen) atoms. The molecule has 0 spiro atoms. The molecule has 13 rings (SSSR count). The van der Waals surface area contributed by atoms with Crippen LogP contribution in [0.1, 0.15) is 0 Å². The summed E-state index contributed by atoms with van der Waals surface area (Å²) in [5.41, 5.74) is 12.0. The molecule has 0 aliphatic heterocycles. The van der Waals surface area contributed by atoms with Crippen LogP contribution in [-0.4, -0.2) is 23.3 Å². The summed E-state index contributed by atoms with van der Waals surface area (Å²) in [5.74, 6) is 2.28. The molecular formula is C55H36N6O. The number of nitrogens with zero attached hydrogens (tertiary/aromatic N) is 6. The Labute approximate surface area is 355 Å². The number of imidazole rings is 1. The monoisotopic (exact) mass is 796 g/mol. The molecule has 292 valence electrons. The van der Waals surface area contributed by atoms with Gasteiger partial charge in [0.2, 0.25) is 6.33 Å². The maximum absolute atomic E-state index is 6.83. The Balaban J connectivity index is 1.18. The smallest absolute Gasteiger partial charge is 0.244 e. The fourth-order valence-corrected chi connectivity index (χ4v) is 9.87. The molecule has 8 aromatic carbocycles. The number of ether oxygens (including phenoxy) is 1. The van der Waals surface area contributed by atoms with Gasteiger partial charge in [0.15, 0.2) is 0 Å². The Morgan fingerprint density at radius 3 is 1.74 bits per heavy atom. The Morgan fingerprint density at radius 1 is 0.452 bits per heavy atom. The van der Waals surface area contributed by atoms with Crippen LogP contribution in [0.2, 0.25) is 0 Å². The van der Waals surface area contributed by atoms with Gasteiger partial charge in [0.05, 0.1) is 56.9 Å². The number of pyridine rings is 1. The van der Waals surface area contributed by atoms with Gasteiger partial charge in [-0.3, -0.25) is 4.57 Å². The highest BCUT2D eigenvalue weighted by atomic mass is 16.5. The van der Waals surface area contributed by atoms with Crippen LogP contribution in [0.3, 0.4) is 0 Å². The van der Waals surface area contributed by atoms with Gasteiger partial charge in [0, 0.05) is 56.0 Å². The van der Waals surface area contributed by atoms with Crippen LogP contribution in [0, 0.1) is 6.33 Å². The van der Waals surface area contributed by atoms with Gasteiger partial charge in [-0.25, -0.2) is 4.98 Å². The summed E-state index contributed by atoms with van der Waals surface area (Å²) in [6.07, 6.45) is 5.35. The first-order valence-corrected chi connectivity index (χ1v) is 20.9. The van der Waals surface area contributed by atoms with Crippen molar-refractivity contribution in [1.82, 2.24) is 23.3 Å². The maximum atomic E-state index is 6.83. The van der Waals surface area contributed by atoms with Crippen molar-refractivity contribution in [3.05, 3.63) is 207 Å².